The molecule has 1 heterocycles. The van der Waals surface area contributed by atoms with Crippen LogP contribution in [0.5, 0.6) is 0 Å². The number of rotatable bonds is 6. The number of amides is 1. The molecule has 0 aliphatic rings. The summed E-state index contributed by atoms with van der Waals surface area (Å²) in [4.78, 5) is 24.0. The normalized spacial score (nSPS) is 10.4. The molecule has 0 aliphatic carbocycles. The fourth-order valence-electron chi connectivity index (χ4n) is 2.51. The highest BCUT2D eigenvalue weighted by Gasteiger charge is 2.07. The summed E-state index contributed by atoms with van der Waals surface area (Å²) in [7, 11) is 0. The SMILES string of the molecule is O=C(Cn1nc(-c2ccccc2)ccc1=O)NCCc1ccccc1. The molecule has 0 spiro atoms. The molecule has 0 bridgehead atoms. The summed E-state index contributed by atoms with van der Waals surface area (Å²) in [6.07, 6.45) is 0.749. The Kier molecular flexibility index (Phi) is 5.36. The van der Waals surface area contributed by atoms with E-state index in [9.17, 15) is 9.59 Å². The lowest BCUT2D eigenvalue weighted by Gasteiger charge is -2.08. The number of nitrogens with zero attached hydrogens (tertiary/aromatic N) is 2. The Morgan fingerprint density at radius 1 is 0.920 bits per heavy atom. The fraction of sp³-hybridized carbons (Fsp3) is 0.150. The highest BCUT2D eigenvalue weighted by atomic mass is 16.2. The van der Waals surface area contributed by atoms with E-state index in [-0.39, 0.29) is 18.0 Å². The highest BCUT2D eigenvalue weighted by Crippen LogP contribution is 2.13. The second kappa shape index (κ2) is 8.06. The lowest BCUT2D eigenvalue weighted by atomic mass is 10.1. The Morgan fingerprint density at radius 2 is 1.60 bits per heavy atom. The zero-order valence-corrected chi connectivity index (χ0v) is 13.8. The molecule has 3 rings (SSSR count). The van der Waals surface area contributed by atoms with Crippen molar-refractivity contribution in [1.82, 2.24) is 15.1 Å². The quantitative estimate of drug-likeness (QED) is 0.753. The van der Waals surface area contributed by atoms with Gasteiger partial charge in [0.2, 0.25) is 5.91 Å². The topological polar surface area (TPSA) is 64.0 Å². The molecule has 1 N–H and O–H groups in total. The van der Waals surface area contributed by atoms with Gasteiger partial charge in [0.1, 0.15) is 6.54 Å². The smallest absolute Gasteiger partial charge is 0.267 e. The summed E-state index contributed by atoms with van der Waals surface area (Å²) in [5, 5.41) is 7.12. The van der Waals surface area contributed by atoms with Crippen molar-refractivity contribution in [2.45, 2.75) is 13.0 Å². The van der Waals surface area contributed by atoms with Gasteiger partial charge in [-0.2, -0.15) is 5.10 Å². The lowest BCUT2D eigenvalue weighted by molar-refractivity contribution is -0.121. The molecule has 1 amide bonds. The molecular weight excluding hydrogens is 314 g/mol. The molecule has 0 unspecified atom stereocenters. The number of nitrogens with one attached hydrogen (secondary N) is 1. The molecule has 5 heteroatoms. The molecular formula is C20H19N3O2. The van der Waals surface area contributed by atoms with Gasteiger partial charge in [-0.05, 0) is 18.1 Å². The first-order chi connectivity index (χ1) is 12.2. The summed E-state index contributed by atoms with van der Waals surface area (Å²) in [6.45, 7) is 0.435. The molecule has 3 aromatic rings. The van der Waals surface area contributed by atoms with Gasteiger partial charge in [0.15, 0.2) is 0 Å². The van der Waals surface area contributed by atoms with E-state index >= 15 is 0 Å². The monoisotopic (exact) mass is 333 g/mol. The van der Waals surface area contributed by atoms with Crippen LogP contribution in [0.3, 0.4) is 0 Å². The van der Waals surface area contributed by atoms with E-state index < -0.39 is 0 Å². The van der Waals surface area contributed by atoms with Gasteiger partial charge in [0.05, 0.1) is 5.69 Å². The van der Waals surface area contributed by atoms with Crippen molar-refractivity contribution in [1.29, 1.82) is 0 Å². The van der Waals surface area contributed by atoms with Gasteiger partial charge >= 0.3 is 0 Å². The number of carbonyl (C=O) groups excluding carboxylic acids is 1. The van der Waals surface area contributed by atoms with Crippen LogP contribution in [0.1, 0.15) is 5.56 Å². The number of aromatic nitrogens is 2. The largest absolute Gasteiger partial charge is 0.354 e. The molecule has 0 fully saturated rings. The van der Waals surface area contributed by atoms with E-state index in [2.05, 4.69) is 10.4 Å². The average Bonchev–Trinajstić information content (AvgIpc) is 2.65. The summed E-state index contributed by atoms with van der Waals surface area (Å²) < 4.78 is 1.19. The molecule has 1 aromatic heterocycles. The number of benzene rings is 2. The molecule has 0 saturated heterocycles. The second-order valence-corrected chi connectivity index (χ2v) is 5.67. The van der Waals surface area contributed by atoms with Crippen molar-refractivity contribution < 1.29 is 4.79 Å². The Hall–Kier alpha value is -3.21. The van der Waals surface area contributed by atoms with Crippen LogP contribution >= 0.6 is 0 Å². The van der Waals surface area contributed by atoms with Gasteiger partial charge in [-0.1, -0.05) is 60.7 Å². The molecule has 2 aromatic carbocycles. The summed E-state index contributed by atoms with van der Waals surface area (Å²) in [5.74, 6) is -0.226. The van der Waals surface area contributed by atoms with Crippen molar-refractivity contribution in [3.63, 3.8) is 0 Å². The Labute approximate surface area is 145 Å². The van der Waals surface area contributed by atoms with E-state index in [1.54, 1.807) is 6.07 Å². The van der Waals surface area contributed by atoms with Crippen LogP contribution in [0.15, 0.2) is 77.6 Å². The minimum Gasteiger partial charge on any atom is -0.354 e. The number of hydrogen-bond donors (Lipinski definition) is 1. The zero-order valence-electron chi connectivity index (χ0n) is 13.8. The van der Waals surface area contributed by atoms with E-state index in [4.69, 9.17) is 0 Å². The van der Waals surface area contributed by atoms with E-state index in [1.165, 1.54) is 10.7 Å². The van der Waals surface area contributed by atoms with Crippen LogP contribution in [0.25, 0.3) is 11.3 Å². The van der Waals surface area contributed by atoms with E-state index in [0.29, 0.717) is 12.2 Å². The summed E-state index contributed by atoms with van der Waals surface area (Å²) in [6, 6.07) is 22.6. The van der Waals surface area contributed by atoms with Crippen LogP contribution in [0.4, 0.5) is 0 Å². The zero-order chi connectivity index (χ0) is 17.5. The summed E-state index contributed by atoms with van der Waals surface area (Å²) in [5.41, 5.74) is 2.43. The molecule has 0 aliphatic heterocycles. The Balaban J connectivity index is 1.62. The molecule has 0 atom stereocenters. The standard InChI is InChI=1S/C20H19N3O2/c24-19(21-14-13-16-7-3-1-4-8-16)15-23-20(25)12-11-18(22-23)17-9-5-2-6-10-17/h1-12H,13-15H2,(H,21,24). The fourth-order valence-corrected chi connectivity index (χ4v) is 2.51. The maximum Gasteiger partial charge on any atom is 0.267 e. The van der Waals surface area contributed by atoms with Gasteiger partial charge in [0, 0.05) is 18.2 Å². The number of carbonyl (C=O) groups is 1. The molecule has 126 valence electrons. The van der Waals surface area contributed by atoms with Crippen molar-refractivity contribution in [3.8, 4) is 11.3 Å². The maximum atomic E-state index is 12.1. The lowest BCUT2D eigenvalue weighted by Crippen LogP contribution is -2.34. The second-order valence-electron chi connectivity index (χ2n) is 5.67. The molecule has 5 nitrogen and oxygen atoms in total. The van der Waals surface area contributed by atoms with E-state index in [1.807, 2.05) is 60.7 Å². The van der Waals surface area contributed by atoms with Crippen LogP contribution in [-0.2, 0) is 17.8 Å². The van der Waals surface area contributed by atoms with Gasteiger partial charge in [0.25, 0.3) is 5.56 Å². The third-order valence-electron chi connectivity index (χ3n) is 3.81. The van der Waals surface area contributed by atoms with Gasteiger partial charge in [-0.15, -0.1) is 0 Å². The third kappa shape index (κ3) is 4.64. The Morgan fingerprint density at radius 3 is 2.32 bits per heavy atom. The summed E-state index contributed by atoms with van der Waals surface area (Å²) >= 11 is 0. The first-order valence-corrected chi connectivity index (χ1v) is 8.16. The van der Waals surface area contributed by atoms with Crippen LogP contribution in [-0.4, -0.2) is 22.2 Å². The van der Waals surface area contributed by atoms with Crippen LogP contribution in [0.2, 0.25) is 0 Å². The Bertz CT molecular complexity index is 890. The van der Waals surface area contributed by atoms with Gasteiger partial charge in [-0.25, -0.2) is 4.68 Å². The van der Waals surface area contributed by atoms with Crippen molar-refractivity contribution >= 4 is 5.91 Å². The van der Waals surface area contributed by atoms with Crippen molar-refractivity contribution in [3.05, 3.63) is 88.7 Å². The predicted octanol–water partition coefficient (Wildman–Crippen LogP) is 2.27. The first-order valence-electron chi connectivity index (χ1n) is 8.16. The first kappa shape index (κ1) is 16.6. The minimum absolute atomic E-state index is 0.0890. The van der Waals surface area contributed by atoms with Crippen LogP contribution < -0.4 is 10.9 Å². The van der Waals surface area contributed by atoms with Crippen molar-refractivity contribution in [2.24, 2.45) is 0 Å². The van der Waals surface area contributed by atoms with Crippen molar-refractivity contribution in [2.75, 3.05) is 6.54 Å². The third-order valence-corrected chi connectivity index (χ3v) is 3.81. The van der Waals surface area contributed by atoms with Gasteiger partial charge < -0.3 is 5.32 Å². The van der Waals surface area contributed by atoms with E-state index in [0.717, 1.165) is 17.5 Å². The predicted molar refractivity (Wildman–Crippen MR) is 97.1 cm³/mol. The molecule has 0 saturated carbocycles. The van der Waals surface area contributed by atoms with Gasteiger partial charge in [-0.3, -0.25) is 9.59 Å². The maximum absolute atomic E-state index is 12.1. The average molecular weight is 333 g/mol. The molecule has 25 heavy (non-hydrogen) atoms. The minimum atomic E-state index is -0.294. The van der Waals surface area contributed by atoms with Crippen LogP contribution in [0, 0.1) is 0 Å². The highest BCUT2D eigenvalue weighted by molar-refractivity contribution is 5.75. The number of hydrogen-bond acceptors (Lipinski definition) is 3. The molecule has 0 radical (unpaired) electrons.